The normalized spacial score (nSPS) is 11.8. The van der Waals surface area contributed by atoms with Crippen LogP contribution in [0.25, 0.3) is 6.08 Å². The summed E-state index contributed by atoms with van der Waals surface area (Å²) >= 11 is 5.93. The summed E-state index contributed by atoms with van der Waals surface area (Å²) in [5, 5.41) is 10.3. The van der Waals surface area contributed by atoms with E-state index < -0.39 is 10.0 Å². The van der Waals surface area contributed by atoms with Crippen molar-refractivity contribution in [2.75, 3.05) is 38.2 Å². The van der Waals surface area contributed by atoms with Crippen molar-refractivity contribution in [3.63, 3.8) is 0 Å². The van der Waals surface area contributed by atoms with Gasteiger partial charge in [0.15, 0.2) is 0 Å². The monoisotopic (exact) mass is 500 g/mol. The number of halogens is 1. The molecule has 0 spiro atoms. The minimum absolute atomic E-state index is 0.0500. The van der Waals surface area contributed by atoms with E-state index in [1.165, 1.54) is 23.5 Å². The molecule has 3 rings (SSSR count). The second-order valence-electron chi connectivity index (χ2n) is 7.76. The fraction of sp³-hybridized carbons (Fsp3) is 0.231. The van der Waals surface area contributed by atoms with Crippen molar-refractivity contribution in [3.8, 4) is 5.75 Å². The third-order valence-corrected chi connectivity index (χ3v) is 7.33. The lowest BCUT2D eigenvalue weighted by Crippen LogP contribution is -2.35. The highest BCUT2D eigenvalue weighted by molar-refractivity contribution is 7.92. The highest BCUT2D eigenvalue weighted by Crippen LogP contribution is 2.28. The second-order valence-corrected chi connectivity index (χ2v) is 10.1. The molecule has 3 aromatic carbocycles. The summed E-state index contributed by atoms with van der Waals surface area (Å²) in [6, 6.07) is 21.2. The Balaban J connectivity index is 1.80. The number of aliphatic hydroxyl groups is 1. The molecule has 0 saturated heterocycles. The fourth-order valence-corrected chi connectivity index (χ4v) is 5.14. The minimum Gasteiger partial charge on any atom is -0.497 e. The number of benzene rings is 3. The van der Waals surface area contributed by atoms with Gasteiger partial charge in [-0.05, 0) is 60.6 Å². The van der Waals surface area contributed by atoms with Crippen LogP contribution in [0.3, 0.4) is 0 Å². The fourth-order valence-electron chi connectivity index (χ4n) is 3.52. The van der Waals surface area contributed by atoms with Crippen molar-refractivity contribution in [1.82, 2.24) is 4.90 Å². The van der Waals surface area contributed by atoms with E-state index in [9.17, 15) is 13.5 Å². The maximum absolute atomic E-state index is 13.5. The van der Waals surface area contributed by atoms with Gasteiger partial charge in [-0.15, -0.1) is 0 Å². The molecule has 0 unspecified atom stereocenters. The third-order valence-electron chi connectivity index (χ3n) is 5.25. The minimum atomic E-state index is -3.88. The van der Waals surface area contributed by atoms with Crippen LogP contribution in [0.2, 0.25) is 5.02 Å². The van der Waals surface area contributed by atoms with E-state index in [1.54, 1.807) is 24.3 Å². The van der Waals surface area contributed by atoms with Crippen molar-refractivity contribution in [2.45, 2.75) is 11.4 Å². The Labute approximate surface area is 206 Å². The number of hydrogen-bond donors (Lipinski definition) is 1. The zero-order chi connectivity index (χ0) is 24.6. The Kier molecular flexibility index (Phi) is 9.12. The molecule has 0 bridgehead atoms. The van der Waals surface area contributed by atoms with Gasteiger partial charge in [0, 0.05) is 18.1 Å². The van der Waals surface area contributed by atoms with E-state index in [-0.39, 0.29) is 18.0 Å². The van der Waals surface area contributed by atoms with Crippen molar-refractivity contribution in [3.05, 3.63) is 95.0 Å². The summed E-state index contributed by atoms with van der Waals surface area (Å²) in [5.41, 5.74) is 2.44. The summed E-state index contributed by atoms with van der Waals surface area (Å²) in [6.07, 6.45) is 4.07. The first kappa shape index (κ1) is 25.8. The number of aliphatic hydroxyl groups excluding tert-OH is 1. The van der Waals surface area contributed by atoms with E-state index in [2.05, 4.69) is 4.90 Å². The standard InChI is InChI=1S/C26H29ClN2O4S/c1-28(17-5-6-21-9-11-23(27)12-10-21)20-22-7-3-4-8-26(22)29(18-19-30)34(31,32)25-15-13-24(33-2)14-16-25/h3-16,30H,17-20H2,1-2H3/b6-5+. The van der Waals surface area contributed by atoms with Crippen LogP contribution >= 0.6 is 11.6 Å². The summed E-state index contributed by atoms with van der Waals surface area (Å²) in [4.78, 5) is 2.22. The molecule has 0 atom stereocenters. The first-order valence-electron chi connectivity index (χ1n) is 10.8. The highest BCUT2D eigenvalue weighted by atomic mass is 35.5. The van der Waals surface area contributed by atoms with Gasteiger partial charge in [0.1, 0.15) is 5.75 Å². The van der Waals surface area contributed by atoms with Gasteiger partial charge in [-0.1, -0.05) is 54.1 Å². The molecule has 8 heteroatoms. The average Bonchev–Trinajstić information content (AvgIpc) is 2.84. The van der Waals surface area contributed by atoms with Crippen LogP contribution in [0.5, 0.6) is 5.75 Å². The predicted octanol–water partition coefficient (Wildman–Crippen LogP) is 4.68. The number of rotatable bonds is 11. The lowest BCUT2D eigenvalue weighted by Gasteiger charge is -2.27. The van der Waals surface area contributed by atoms with Gasteiger partial charge in [-0.3, -0.25) is 9.21 Å². The van der Waals surface area contributed by atoms with Crippen LogP contribution in [0.4, 0.5) is 5.69 Å². The Hall–Kier alpha value is -2.84. The molecule has 0 amide bonds. The van der Waals surface area contributed by atoms with E-state index in [4.69, 9.17) is 16.3 Å². The molecule has 1 N–H and O–H groups in total. The first-order chi connectivity index (χ1) is 16.3. The lowest BCUT2D eigenvalue weighted by atomic mass is 10.1. The van der Waals surface area contributed by atoms with Gasteiger partial charge >= 0.3 is 0 Å². The second kappa shape index (κ2) is 12.0. The van der Waals surface area contributed by atoms with Crippen molar-refractivity contribution in [2.24, 2.45) is 0 Å². The number of hydrogen-bond acceptors (Lipinski definition) is 5. The van der Waals surface area contributed by atoms with E-state index >= 15 is 0 Å². The van der Waals surface area contributed by atoms with Crippen molar-refractivity contribution >= 4 is 33.4 Å². The molecular weight excluding hydrogens is 472 g/mol. The molecule has 0 saturated carbocycles. The smallest absolute Gasteiger partial charge is 0.264 e. The first-order valence-corrected chi connectivity index (χ1v) is 12.6. The summed E-state index contributed by atoms with van der Waals surface area (Å²) in [6.45, 7) is 0.846. The Morgan fingerprint density at radius 3 is 2.32 bits per heavy atom. The highest BCUT2D eigenvalue weighted by Gasteiger charge is 2.26. The van der Waals surface area contributed by atoms with E-state index in [0.717, 1.165) is 11.1 Å². The number of nitrogens with zero attached hydrogens (tertiary/aromatic N) is 2. The molecule has 3 aromatic rings. The van der Waals surface area contributed by atoms with Crippen LogP contribution in [-0.2, 0) is 16.6 Å². The topological polar surface area (TPSA) is 70.1 Å². The van der Waals surface area contributed by atoms with Gasteiger partial charge in [-0.25, -0.2) is 8.42 Å². The third kappa shape index (κ3) is 6.61. The van der Waals surface area contributed by atoms with Crippen LogP contribution < -0.4 is 9.04 Å². The number of anilines is 1. The van der Waals surface area contributed by atoms with Gasteiger partial charge in [0.25, 0.3) is 10.0 Å². The van der Waals surface area contributed by atoms with Crippen LogP contribution in [-0.4, -0.2) is 52.3 Å². The zero-order valence-corrected chi connectivity index (χ0v) is 20.8. The predicted molar refractivity (Wildman–Crippen MR) is 138 cm³/mol. The Bertz CT molecular complexity index is 1200. The van der Waals surface area contributed by atoms with Gasteiger partial charge in [-0.2, -0.15) is 0 Å². The maximum atomic E-state index is 13.5. The molecule has 0 aliphatic heterocycles. The summed E-state index contributed by atoms with van der Waals surface area (Å²) in [5.74, 6) is 0.571. The molecule has 0 aliphatic rings. The quantitative estimate of drug-likeness (QED) is 0.414. The average molecular weight is 501 g/mol. The maximum Gasteiger partial charge on any atom is 0.264 e. The number of sulfonamides is 1. The molecular formula is C26H29ClN2O4S. The molecule has 180 valence electrons. The van der Waals surface area contributed by atoms with Crippen molar-refractivity contribution in [1.29, 1.82) is 0 Å². The number of ether oxygens (including phenoxy) is 1. The van der Waals surface area contributed by atoms with Crippen molar-refractivity contribution < 1.29 is 18.3 Å². The Morgan fingerprint density at radius 1 is 1.00 bits per heavy atom. The molecule has 0 radical (unpaired) electrons. The van der Waals surface area contributed by atoms with Gasteiger partial charge < -0.3 is 9.84 Å². The van der Waals surface area contributed by atoms with E-state index in [0.29, 0.717) is 29.5 Å². The number of likely N-dealkylation sites (N-methyl/N-ethyl adjacent to an activating group) is 1. The molecule has 0 aliphatic carbocycles. The molecule has 0 heterocycles. The number of methoxy groups -OCH3 is 1. The molecule has 6 nitrogen and oxygen atoms in total. The van der Waals surface area contributed by atoms with Crippen LogP contribution in [0, 0.1) is 0 Å². The SMILES string of the molecule is COc1ccc(S(=O)(=O)N(CCO)c2ccccc2CN(C)C/C=C/c2ccc(Cl)cc2)cc1. The van der Waals surface area contributed by atoms with Gasteiger partial charge in [0.05, 0.1) is 30.8 Å². The van der Waals surface area contributed by atoms with E-state index in [1.807, 2.05) is 55.6 Å². The van der Waals surface area contributed by atoms with Gasteiger partial charge in [0.2, 0.25) is 0 Å². The van der Waals surface area contributed by atoms with Crippen LogP contribution in [0.15, 0.2) is 83.8 Å². The summed E-state index contributed by atoms with van der Waals surface area (Å²) in [7, 11) is -0.385. The van der Waals surface area contributed by atoms with Crippen LogP contribution in [0.1, 0.15) is 11.1 Å². The zero-order valence-electron chi connectivity index (χ0n) is 19.3. The molecule has 34 heavy (non-hydrogen) atoms. The largest absolute Gasteiger partial charge is 0.497 e. The molecule has 0 fully saturated rings. The summed E-state index contributed by atoms with van der Waals surface area (Å²) < 4.78 is 33.3. The lowest BCUT2D eigenvalue weighted by molar-refractivity contribution is 0.306. The number of para-hydroxylation sites is 1. The molecule has 0 aromatic heterocycles. The Morgan fingerprint density at radius 2 is 1.68 bits per heavy atom.